The highest BCUT2D eigenvalue weighted by Gasteiger charge is 2.06. The van der Waals surface area contributed by atoms with Crippen molar-refractivity contribution >= 4 is 5.78 Å². The van der Waals surface area contributed by atoms with Gasteiger partial charge < -0.3 is 0 Å². The fourth-order valence-electron chi connectivity index (χ4n) is 1.95. The van der Waals surface area contributed by atoms with Gasteiger partial charge in [0.25, 0.3) is 0 Å². The molecule has 0 heterocycles. The van der Waals surface area contributed by atoms with Crippen molar-refractivity contribution in [3.05, 3.63) is 0 Å². The summed E-state index contributed by atoms with van der Waals surface area (Å²) in [6.07, 6.45) is 8.84. The summed E-state index contributed by atoms with van der Waals surface area (Å²) in [6, 6.07) is 0. The van der Waals surface area contributed by atoms with Gasteiger partial charge in [0.15, 0.2) is 0 Å². The van der Waals surface area contributed by atoms with Crippen LogP contribution >= 0.6 is 0 Å². The average molecular weight is 198 g/mol. The first-order valence-electron chi connectivity index (χ1n) is 6.26. The molecule has 0 amide bonds. The van der Waals surface area contributed by atoms with Gasteiger partial charge in [0, 0.05) is 12.8 Å². The van der Waals surface area contributed by atoms with Crippen molar-refractivity contribution in [3.8, 4) is 0 Å². The highest BCUT2D eigenvalue weighted by molar-refractivity contribution is 5.78. The Morgan fingerprint density at radius 2 is 1.71 bits per heavy atom. The first-order valence-corrected chi connectivity index (χ1v) is 6.26. The molecule has 0 spiro atoms. The summed E-state index contributed by atoms with van der Waals surface area (Å²) in [4.78, 5) is 11.3. The maximum atomic E-state index is 11.3. The lowest BCUT2D eigenvalue weighted by atomic mass is 9.94. The van der Waals surface area contributed by atoms with Crippen molar-refractivity contribution in [1.29, 1.82) is 0 Å². The lowest BCUT2D eigenvalue weighted by Gasteiger charge is -2.12. The van der Waals surface area contributed by atoms with Crippen LogP contribution in [0, 0.1) is 5.92 Å². The second-order valence-corrected chi connectivity index (χ2v) is 4.24. The van der Waals surface area contributed by atoms with Gasteiger partial charge in [-0.15, -0.1) is 0 Å². The molecule has 0 bridgehead atoms. The third kappa shape index (κ3) is 7.11. The zero-order chi connectivity index (χ0) is 10.8. The van der Waals surface area contributed by atoms with Gasteiger partial charge in [-0.2, -0.15) is 0 Å². The second kappa shape index (κ2) is 9.23. The number of carbonyl (C=O) groups is 1. The standard InChI is InChI=1S/C13H26O/c1-4-8-12(6-3)10-7-11-13(14)9-5-2/h12H,4-11H2,1-3H3. The van der Waals surface area contributed by atoms with E-state index in [1.54, 1.807) is 0 Å². The van der Waals surface area contributed by atoms with E-state index in [1.165, 1.54) is 25.7 Å². The minimum atomic E-state index is 0.457. The van der Waals surface area contributed by atoms with E-state index < -0.39 is 0 Å². The smallest absolute Gasteiger partial charge is 0.132 e. The van der Waals surface area contributed by atoms with Gasteiger partial charge in [0.2, 0.25) is 0 Å². The lowest BCUT2D eigenvalue weighted by molar-refractivity contribution is -0.119. The summed E-state index contributed by atoms with van der Waals surface area (Å²) in [5.74, 6) is 1.31. The summed E-state index contributed by atoms with van der Waals surface area (Å²) in [7, 11) is 0. The summed E-state index contributed by atoms with van der Waals surface area (Å²) in [5.41, 5.74) is 0. The van der Waals surface area contributed by atoms with E-state index in [4.69, 9.17) is 0 Å². The maximum Gasteiger partial charge on any atom is 0.132 e. The van der Waals surface area contributed by atoms with Crippen LogP contribution in [0.15, 0.2) is 0 Å². The number of hydrogen-bond donors (Lipinski definition) is 0. The number of hydrogen-bond acceptors (Lipinski definition) is 1. The third-order valence-electron chi connectivity index (χ3n) is 2.87. The molecule has 1 unspecified atom stereocenters. The molecular formula is C13H26O. The van der Waals surface area contributed by atoms with E-state index in [-0.39, 0.29) is 0 Å². The van der Waals surface area contributed by atoms with Crippen LogP contribution in [0.2, 0.25) is 0 Å². The van der Waals surface area contributed by atoms with Gasteiger partial charge >= 0.3 is 0 Å². The Morgan fingerprint density at radius 1 is 1.00 bits per heavy atom. The van der Waals surface area contributed by atoms with Crippen molar-refractivity contribution < 1.29 is 4.79 Å². The average Bonchev–Trinajstić information content (AvgIpc) is 2.17. The number of rotatable bonds is 9. The zero-order valence-electron chi connectivity index (χ0n) is 10.1. The Hall–Kier alpha value is -0.330. The minimum Gasteiger partial charge on any atom is -0.300 e. The summed E-state index contributed by atoms with van der Waals surface area (Å²) in [5, 5.41) is 0. The Bertz CT molecular complexity index is 140. The molecule has 1 atom stereocenters. The van der Waals surface area contributed by atoms with Gasteiger partial charge in [-0.3, -0.25) is 4.79 Å². The van der Waals surface area contributed by atoms with E-state index in [0.717, 1.165) is 31.6 Å². The van der Waals surface area contributed by atoms with Gasteiger partial charge in [-0.1, -0.05) is 46.5 Å². The van der Waals surface area contributed by atoms with Crippen molar-refractivity contribution in [2.45, 2.75) is 72.1 Å². The molecule has 0 aromatic heterocycles. The lowest BCUT2D eigenvalue weighted by Crippen LogP contribution is -2.01. The van der Waals surface area contributed by atoms with Gasteiger partial charge in [0.05, 0.1) is 0 Å². The molecule has 1 nitrogen and oxygen atoms in total. The predicted octanol–water partition coefficient (Wildman–Crippen LogP) is 4.35. The fraction of sp³-hybridized carbons (Fsp3) is 0.923. The fourth-order valence-corrected chi connectivity index (χ4v) is 1.95. The van der Waals surface area contributed by atoms with Gasteiger partial charge in [-0.25, -0.2) is 0 Å². The van der Waals surface area contributed by atoms with Crippen LogP contribution in [-0.4, -0.2) is 5.78 Å². The van der Waals surface area contributed by atoms with Crippen LogP contribution in [0.3, 0.4) is 0 Å². The maximum absolute atomic E-state index is 11.3. The van der Waals surface area contributed by atoms with Crippen LogP contribution < -0.4 is 0 Å². The Labute approximate surface area is 89.3 Å². The molecule has 84 valence electrons. The monoisotopic (exact) mass is 198 g/mol. The van der Waals surface area contributed by atoms with Crippen LogP contribution in [0.4, 0.5) is 0 Å². The van der Waals surface area contributed by atoms with E-state index in [1.807, 2.05) is 0 Å². The van der Waals surface area contributed by atoms with E-state index >= 15 is 0 Å². The minimum absolute atomic E-state index is 0.457. The molecule has 0 N–H and O–H groups in total. The molecule has 0 radical (unpaired) electrons. The van der Waals surface area contributed by atoms with Crippen LogP contribution in [-0.2, 0) is 4.79 Å². The molecule has 1 heteroatoms. The SMILES string of the molecule is CCCC(=O)CCCC(CC)CCC. The van der Waals surface area contributed by atoms with E-state index in [2.05, 4.69) is 20.8 Å². The van der Waals surface area contributed by atoms with Crippen molar-refractivity contribution in [1.82, 2.24) is 0 Å². The molecule has 0 aliphatic carbocycles. The number of ketones is 1. The topological polar surface area (TPSA) is 17.1 Å². The molecule has 0 aliphatic heterocycles. The molecule has 0 aromatic rings. The number of Topliss-reactive ketones (excluding diaryl/α,β-unsaturated/α-hetero) is 1. The Balaban J connectivity index is 3.45. The first kappa shape index (κ1) is 13.7. The van der Waals surface area contributed by atoms with Crippen molar-refractivity contribution in [2.24, 2.45) is 5.92 Å². The van der Waals surface area contributed by atoms with E-state index in [9.17, 15) is 4.79 Å². The van der Waals surface area contributed by atoms with Gasteiger partial charge in [-0.05, 0) is 18.8 Å². The molecule has 0 rings (SSSR count). The van der Waals surface area contributed by atoms with Gasteiger partial charge in [0.1, 0.15) is 5.78 Å². The molecule has 14 heavy (non-hydrogen) atoms. The highest BCUT2D eigenvalue weighted by atomic mass is 16.1. The van der Waals surface area contributed by atoms with E-state index in [0.29, 0.717) is 5.78 Å². The summed E-state index contributed by atoms with van der Waals surface area (Å²) >= 11 is 0. The predicted molar refractivity (Wildman–Crippen MR) is 62.5 cm³/mol. The zero-order valence-corrected chi connectivity index (χ0v) is 10.1. The van der Waals surface area contributed by atoms with Crippen molar-refractivity contribution in [3.63, 3.8) is 0 Å². The third-order valence-corrected chi connectivity index (χ3v) is 2.87. The molecule has 0 aliphatic rings. The molecule has 0 saturated heterocycles. The Kier molecular flexibility index (Phi) is 9.02. The normalized spacial score (nSPS) is 12.8. The molecular weight excluding hydrogens is 172 g/mol. The quantitative estimate of drug-likeness (QED) is 0.538. The first-order chi connectivity index (χ1) is 6.74. The number of carbonyl (C=O) groups excluding carboxylic acids is 1. The molecule has 0 aromatic carbocycles. The largest absolute Gasteiger partial charge is 0.300 e. The summed E-state index contributed by atoms with van der Waals surface area (Å²) < 4.78 is 0. The van der Waals surface area contributed by atoms with Crippen LogP contribution in [0.5, 0.6) is 0 Å². The Morgan fingerprint density at radius 3 is 2.21 bits per heavy atom. The molecule has 0 saturated carbocycles. The van der Waals surface area contributed by atoms with Crippen LogP contribution in [0.25, 0.3) is 0 Å². The molecule has 0 fully saturated rings. The second-order valence-electron chi connectivity index (χ2n) is 4.24. The van der Waals surface area contributed by atoms with Crippen LogP contribution in [0.1, 0.15) is 72.1 Å². The highest BCUT2D eigenvalue weighted by Crippen LogP contribution is 2.18. The summed E-state index contributed by atoms with van der Waals surface area (Å²) in [6.45, 7) is 6.57. The van der Waals surface area contributed by atoms with Crippen molar-refractivity contribution in [2.75, 3.05) is 0 Å².